The van der Waals surface area contributed by atoms with Gasteiger partial charge in [0.25, 0.3) is 0 Å². The van der Waals surface area contributed by atoms with Crippen molar-refractivity contribution < 1.29 is 4.79 Å². The van der Waals surface area contributed by atoms with Gasteiger partial charge < -0.3 is 16.0 Å². The molecular formula is C14H21N3O. The summed E-state index contributed by atoms with van der Waals surface area (Å²) >= 11 is 0. The first-order valence-electron chi connectivity index (χ1n) is 6.49. The van der Waals surface area contributed by atoms with E-state index in [2.05, 4.69) is 18.3 Å². The molecule has 0 aromatic heterocycles. The largest absolute Gasteiger partial charge is 0.385 e. The summed E-state index contributed by atoms with van der Waals surface area (Å²) < 4.78 is 0. The summed E-state index contributed by atoms with van der Waals surface area (Å²) in [4.78, 5) is 13.3. The molecule has 1 aromatic rings. The van der Waals surface area contributed by atoms with Crippen molar-refractivity contribution in [3.8, 4) is 0 Å². The number of benzene rings is 1. The smallest absolute Gasteiger partial charge is 0.231 e. The van der Waals surface area contributed by atoms with Gasteiger partial charge in [0.2, 0.25) is 5.91 Å². The van der Waals surface area contributed by atoms with Gasteiger partial charge in [0.05, 0.1) is 6.42 Å². The van der Waals surface area contributed by atoms with Crippen LogP contribution in [0.25, 0.3) is 0 Å². The molecule has 0 saturated carbocycles. The van der Waals surface area contributed by atoms with Crippen LogP contribution in [0.5, 0.6) is 0 Å². The molecule has 18 heavy (non-hydrogen) atoms. The van der Waals surface area contributed by atoms with Crippen molar-refractivity contribution in [3.63, 3.8) is 0 Å². The second kappa shape index (κ2) is 5.40. The monoisotopic (exact) mass is 247 g/mol. The molecule has 0 bridgehead atoms. The number of likely N-dealkylation sites (N-methyl/N-ethyl adjacent to an activating group) is 1. The molecule has 0 spiro atoms. The zero-order valence-corrected chi connectivity index (χ0v) is 11.1. The molecule has 1 aromatic carbocycles. The summed E-state index contributed by atoms with van der Waals surface area (Å²) in [7, 11) is 1.82. The molecular weight excluding hydrogens is 226 g/mol. The first kappa shape index (κ1) is 12.9. The van der Waals surface area contributed by atoms with Gasteiger partial charge in [-0.2, -0.15) is 0 Å². The Morgan fingerprint density at radius 1 is 1.50 bits per heavy atom. The van der Waals surface area contributed by atoms with Crippen LogP contribution < -0.4 is 16.0 Å². The Morgan fingerprint density at radius 3 is 2.94 bits per heavy atom. The highest BCUT2D eigenvalue weighted by Gasteiger charge is 2.23. The molecule has 3 N–H and O–H groups in total. The maximum Gasteiger partial charge on any atom is 0.231 e. The van der Waals surface area contributed by atoms with E-state index in [9.17, 15) is 4.79 Å². The van der Waals surface area contributed by atoms with Crippen molar-refractivity contribution in [2.45, 2.75) is 19.8 Å². The quantitative estimate of drug-likeness (QED) is 0.831. The zero-order valence-electron chi connectivity index (χ0n) is 11.1. The van der Waals surface area contributed by atoms with Crippen molar-refractivity contribution in [1.82, 2.24) is 0 Å². The first-order chi connectivity index (χ1) is 8.65. The van der Waals surface area contributed by atoms with Crippen LogP contribution in [0.2, 0.25) is 0 Å². The summed E-state index contributed by atoms with van der Waals surface area (Å²) in [6, 6.07) is 6.10. The SMILES string of the molecule is CCC(CN)CNc1ccc2c(c1)CC(=O)N2C. The molecule has 0 radical (unpaired) electrons. The first-order valence-corrected chi connectivity index (χ1v) is 6.49. The predicted octanol–water partition coefficient (Wildman–Crippen LogP) is 1.60. The number of rotatable bonds is 5. The molecule has 1 heterocycles. The Balaban J connectivity index is 2.05. The number of nitrogens with zero attached hydrogens (tertiary/aromatic N) is 1. The fourth-order valence-electron chi connectivity index (χ4n) is 2.24. The lowest BCUT2D eigenvalue weighted by Crippen LogP contribution is -2.22. The third kappa shape index (κ3) is 2.48. The van der Waals surface area contributed by atoms with Crippen molar-refractivity contribution in [2.24, 2.45) is 11.7 Å². The van der Waals surface area contributed by atoms with E-state index in [-0.39, 0.29) is 5.91 Å². The van der Waals surface area contributed by atoms with E-state index in [1.54, 1.807) is 4.90 Å². The Hall–Kier alpha value is -1.55. The maximum absolute atomic E-state index is 11.6. The fourth-order valence-corrected chi connectivity index (χ4v) is 2.24. The Morgan fingerprint density at radius 2 is 2.28 bits per heavy atom. The second-order valence-corrected chi connectivity index (χ2v) is 4.86. The van der Waals surface area contributed by atoms with Crippen LogP contribution >= 0.6 is 0 Å². The number of amides is 1. The Kier molecular flexibility index (Phi) is 3.87. The molecule has 0 saturated heterocycles. The van der Waals surface area contributed by atoms with Gasteiger partial charge >= 0.3 is 0 Å². The number of nitrogens with two attached hydrogens (primary N) is 1. The van der Waals surface area contributed by atoms with Crippen molar-refractivity contribution in [1.29, 1.82) is 0 Å². The van der Waals surface area contributed by atoms with Gasteiger partial charge in [0.15, 0.2) is 0 Å². The lowest BCUT2D eigenvalue weighted by Gasteiger charge is -2.15. The van der Waals surface area contributed by atoms with E-state index in [4.69, 9.17) is 5.73 Å². The molecule has 1 unspecified atom stereocenters. The molecule has 0 fully saturated rings. The minimum Gasteiger partial charge on any atom is -0.385 e. The summed E-state index contributed by atoms with van der Waals surface area (Å²) in [6.45, 7) is 3.74. The molecule has 4 heteroatoms. The lowest BCUT2D eigenvalue weighted by molar-refractivity contribution is -0.117. The maximum atomic E-state index is 11.6. The van der Waals surface area contributed by atoms with E-state index >= 15 is 0 Å². The number of hydrogen-bond donors (Lipinski definition) is 2. The highest BCUT2D eigenvalue weighted by atomic mass is 16.2. The average Bonchev–Trinajstić information content (AvgIpc) is 2.66. The van der Waals surface area contributed by atoms with E-state index in [1.807, 2.05) is 19.2 Å². The van der Waals surface area contributed by atoms with Crippen molar-refractivity contribution in [3.05, 3.63) is 23.8 Å². The van der Waals surface area contributed by atoms with Gasteiger partial charge in [0, 0.05) is 25.0 Å². The molecule has 1 aliphatic heterocycles. The van der Waals surface area contributed by atoms with Crippen molar-refractivity contribution in [2.75, 3.05) is 30.4 Å². The van der Waals surface area contributed by atoms with Gasteiger partial charge in [-0.15, -0.1) is 0 Å². The highest BCUT2D eigenvalue weighted by molar-refractivity contribution is 6.01. The summed E-state index contributed by atoms with van der Waals surface area (Å²) in [5.41, 5.74) is 8.88. The van der Waals surface area contributed by atoms with E-state index in [0.717, 1.165) is 29.9 Å². The zero-order chi connectivity index (χ0) is 13.1. The molecule has 1 amide bonds. The van der Waals surface area contributed by atoms with Gasteiger partial charge in [0.1, 0.15) is 0 Å². The molecule has 2 rings (SSSR count). The topological polar surface area (TPSA) is 58.4 Å². The Bertz CT molecular complexity index is 441. The average molecular weight is 247 g/mol. The third-order valence-corrected chi connectivity index (χ3v) is 3.66. The fraction of sp³-hybridized carbons (Fsp3) is 0.500. The van der Waals surface area contributed by atoms with E-state index in [1.165, 1.54) is 0 Å². The van der Waals surface area contributed by atoms with Crippen molar-refractivity contribution >= 4 is 17.3 Å². The Labute approximate surface area is 108 Å². The number of carbonyl (C=O) groups is 1. The predicted molar refractivity (Wildman–Crippen MR) is 74.9 cm³/mol. The van der Waals surface area contributed by atoms with Gasteiger partial charge in [-0.05, 0) is 36.2 Å². The molecule has 98 valence electrons. The molecule has 1 atom stereocenters. The van der Waals surface area contributed by atoms with Crippen LogP contribution in [-0.2, 0) is 11.2 Å². The molecule has 0 aliphatic carbocycles. The second-order valence-electron chi connectivity index (χ2n) is 4.86. The van der Waals surface area contributed by atoms with Crippen LogP contribution in [0, 0.1) is 5.92 Å². The summed E-state index contributed by atoms with van der Waals surface area (Å²) in [6.07, 6.45) is 1.59. The third-order valence-electron chi connectivity index (χ3n) is 3.66. The number of fused-ring (bicyclic) bond motifs is 1. The minimum absolute atomic E-state index is 0.163. The molecule has 1 aliphatic rings. The summed E-state index contributed by atoms with van der Waals surface area (Å²) in [5, 5.41) is 3.40. The van der Waals surface area contributed by atoms with Crippen LogP contribution in [-0.4, -0.2) is 26.0 Å². The van der Waals surface area contributed by atoms with Crippen LogP contribution in [0.3, 0.4) is 0 Å². The van der Waals surface area contributed by atoms with E-state index < -0.39 is 0 Å². The summed E-state index contributed by atoms with van der Waals surface area (Å²) in [5.74, 6) is 0.665. The van der Waals surface area contributed by atoms with E-state index in [0.29, 0.717) is 18.9 Å². The van der Waals surface area contributed by atoms with Gasteiger partial charge in [-0.3, -0.25) is 4.79 Å². The lowest BCUT2D eigenvalue weighted by atomic mass is 10.1. The number of anilines is 2. The molecule has 4 nitrogen and oxygen atoms in total. The number of carbonyl (C=O) groups excluding carboxylic acids is 1. The van der Waals surface area contributed by atoms with Crippen LogP contribution in [0.1, 0.15) is 18.9 Å². The minimum atomic E-state index is 0.163. The number of hydrogen-bond acceptors (Lipinski definition) is 3. The standard InChI is InChI=1S/C14H21N3O/c1-3-10(8-15)9-16-12-4-5-13-11(6-12)7-14(18)17(13)2/h4-6,10,16H,3,7-9,15H2,1-2H3. The van der Waals surface area contributed by atoms with Crippen LogP contribution in [0.15, 0.2) is 18.2 Å². The number of nitrogens with one attached hydrogen (secondary N) is 1. The van der Waals surface area contributed by atoms with Gasteiger partial charge in [-0.1, -0.05) is 13.3 Å². The van der Waals surface area contributed by atoms with Gasteiger partial charge in [-0.25, -0.2) is 0 Å². The van der Waals surface area contributed by atoms with Crippen LogP contribution in [0.4, 0.5) is 11.4 Å². The normalized spacial score (nSPS) is 15.7. The highest BCUT2D eigenvalue weighted by Crippen LogP contribution is 2.29.